The fourth-order valence-electron chi connectivity index (χ4n) is 4.33. The normalized spacial score (nSPS) is 16.8. The smallest absolute Gasteiger partial charge is 0.295 e. The molecular weight excluding hydrogens is 494 g/mol. The zero-order valence-electron chi connectivity index (χ0n) is 21.0. The summed E-state index contributed by atoms with van der Waals surface area (Å²) in [7, 11) is 3.03. The maximum absolute atomic E-state index is 13.4. The van der Waals surface area contributed by atoms with Crippen LogP contribution in [0.2, 0.25) is 5.02 Å². The third-order valence-corrected chi connectivity index (χ3v) is 6.27. The van der Waals surface area contributed by atoms with Crippen LogP contribution in [0.15, 0.2) is 72.3 Å². The number of likely N-dealkylation sites (tertiary alicyclic amines) is 1. The van der Waals surface area contributed by atoms with Crippen molar-refractivity contribution >= 4 is 29.1 Å². The Kier molecular flexibility index (Phi) is 7.74. The van der Waals surface area contributed by atoms with E-state index in [0.29, 0.717) is 27.8 Å². The van der Waals surface area contributed by atoms with E-state index in [1.165, 1.54) is 18.1 Å². The molecule has 1 amide bonds. The summed E-state index contributed by atoms with van der Waals surface area (Å²) >= 11 is 6.19. The molecule has 1 unspecified atom stereocenters. The Hall–Kier alpha value is -3.97. The fourth-order valence-corrected chi connectivity index (χ4v) is 4.50. The fraction of sp³-hybridized carbons (Fsp3) is 0.241. The highest BCUT2D eigenvalue weighted by molar-refractivity contribution is 6.46. The Morgan fingerprint density at radius 3 is 2.19 bits per heavy atom. The number of hydrogen-bond acceptors (Lipinski definition) is 6. The molecule has 192 valence electrons. The Labute approximate surface area is 220 Å². The average molecular weight is 522 g/mol. The number of amides is 1. The Balaban J connectivity index is 1.85. The molecule has 0 radical (unpaired) electrons. The number of aliphatic hydroxyl groups is 1. The van der Waals surface area contributed by atoms with Gasteiger partial charge in [0.2, 0.25) is 0 Å². The Morgan fingerprint density at radius 1 is 0.946 bits per heavy atom. The van der Waals surface area contributed by atoms with Gasteiger partial charge in [-0.25, -0.2) is 0 Å². The number of Topliss-reactive ketones (excluding diaryl/α,β-unsaturated/α-hetero) is 1. The van der Waals surface area contributed by atoms with Gasteiger partial charge in [-0.3, -0.25) is 9.59 Å². The maximum atomic E-state index is 13.4. The van der Waals surface area contributed by atoms with Gasteiger partial charge < -0.3 is 24.2 Å². The van der Waals surface area contributed by atoms with Crippen LogP contribution in [0, 0.1) is 0 Å². The van der Waals surface area contributed by atoms with Crippen LogP contribution in [-0.2, 0) is 16.1 Å². The van der Waals surface area contributed by atoms with Crippen molar-refractivity contribution in [3.8, 4) is 17.2 Å². The molecule has 1 N–H and O–H groups in total. The highest BCUT2D eigenvalue weighted by Crippen LogP contribution is 2.42. The predicted octanol–water partition coefficient (Wildman–Crippen LogP) is 5.77. The first-order chi connectivity index (χ1) is 17.7. The van der Waals surface area contributed by atoms with E-state index >= 15 is 0 Å². The van der Waals surface area contributed by atoms with E-state index in [9.17, 15) is 14.7 Å². The van der Waals surface area contributed by atoms with E-state index in [0.717, 1.165) is 5.56 Å². The van der Waals surface area contributed by atoms with Crippen molar-refractivity contribution in [2.24, 2.45) is 0 Å². The van der Waals surface area contributed by atoms with Gasteiger partial charge in [0, 0.05) is 11.6 Å². The number of hydrogen-bond donors (Lipinski definition) is 1. The van der Waals surface area contributed by atoms with Crippen molar-refractivity contribution in [1.29, 1.82) is 0 Å². The summed E-state index contributed by atoms with van der Waals surface area (Å²) in [4.78, 5) is 28.1. The van der Waals surface area contributed by atoms with E-state index in [1.807, 2.05) is 26.0 Å². The molecule has 4 rings (SSSR count). The van der Waals surface area contributed by atoms with Crippen molar-refractivity contribution in [3.05, 3.63) is 94.0 Å². The topological polar surface area (TPSA) is 85.3 Å². The largest absolute Gasteiger partial charge is 0.507 e. The summed E-state index contributed by atoms with van der Waals surface area (Å²) in [5, 5.41) is 11.8. The summed E-state index contributed by atoms with van der Waals surface area (Å²) in [6.07, 6.45) is -0.0122. The number of ether oxygens (including phenoxy) is 3. The zero-order valence-corrected chi connectivity index (χ0v) is 21.8. The number of ketones is 1. The second-order valence-corrected chi connectivity index (χ2v) is 9.29. The van der Waals surface area contributed by atoms with Crippen molar-refractivity contribution in [2.75, 3.05) is 14.2 Å². The molecule has 7 nitrogen and oxygen atoms in total. The number of benzene rings is 3. The standard InChI is InChI=1S/C29H28ClNO6/c1-17(2)37-22-12-7-19(8-13-22)26-25(27(32)23-15-20(30)9-14-24(23)36-4)28(33)29(34)31(26)16-18-5-10-21(35-3)11-6-18/h5-15,17,26,32H,16H2,1-4H3/b27-25+. The zero-order chi connectivity index (χ0) is 26.7. The lowest BCUT2D eigenvalue weighted by Crippen LogP contribution is -2.29. The van der Waals surface area contributed by atoms with Gasteiger partial charge >= 0.3 is 0 Å². The predicted molar refractivity (Wildman–Crippen MR) is 141 cm³/mol. The lowest BCUT2D eigenvalue weighted by molar-refractivity contribution is -0.140. The SMILES string of the molecule is COc1ccc(CN2C(=O)C(=O)/C(=C(/O)c3cc(Cl)ccc3OC)C2c2ccc(OC(C)C)cc2)cc1. The minimum Gasteiger partial charge on any atom is -0.507 e. The van der Waals surface area contributed by atoms with Crippen LogP contribution >= 0.6 is 11.6 Å². The van der Waals surface area contributed by atoms with Gasteiger partial charge in [0.25, 0.3) is 11.7 Å². The molecule has 8 heteroatoms. The molecule has 1 heterocycles. The molecule has 1 atom stereocenters. The molecule has 0 saturated carbocycles. The van der Waals surface area contributed by atoms with Gasteiger partial charge in [-0.05, 0) is 67.4 Å². The van der Waals surface area contributed by atoms with Gasteiger partial charge in [-0.15, -0.1) is 0 Å². The van der Waals surface area contributed by atoms with Gasteiger partial charge in [-0.2, -0.15) is 0 Å². The number of carbonyl (C=O) groups excluding carboxylic acids is 2. The molecule has 0 aromatic heterocycles. The van der Waals surface area contributed by atoms with Crippen molar-refractivity contribution in [3.63, 3.8) is 0 Å². The van der Waals surface area contributed by atoms with Crippen LogP contribution in [0.5, 0.6) is 17.2 Å². The molecule has 0 spiro atoms. The lowest BCUT2D eigenvalue weighted by Gasteiger charge is -2.26. The number of halogens is 1. The first-order valence-electron chi connectivity index (χ1n) is 11.7. The van der Waals surface area contributed by atoms with E-state index in [1.54, 1.807) is 55.6 Å². The minimum atomic E-state index is -0.848. The number of methoxy groups -OCH3 is 2. The van der Waals surface area contributed by atoms with E-state index in [4.69, 9.17) is 25.8 Å². The summed E-state index contributed by atoms with van der Waals surface area (Å²) in [6, 6.07) is 18.2. The molecule has 0 bridgehead atoms. The van der Waals surface area contributed by atoms with Crippen LogP contribution in [0.3, 0.4) is 0 Å². The van der Waals surface area contributed by atoms with Crippen LogP contribution in [-0.4, -0.2) is 42.0 Å². The summed E-state index contributed by atoms with van der Waals surface area (Å²) < 4.78 is 16.4. The maximum Gasteiger partial charge on any atom is 0.295 e. The van der Waals surface area contributed by atoms with Crippen LogP contribution in [0.4, 0.5) is 0 Å². The third kappa shape index (κ3) is 5.42. The summed E-state index contributed by atoms with van der Waals surface area (Å²) in [5.41, 5.74) is 1.62. The second kappa shape index (κ2) is 11.0. The number of rotatable bonds is 8. The molecule has 0 aliphatic carbocycles. The number of aliphatic hydroxyl groups excluding tert-OH is 1. The van der Waals surface area contributed by atoms with E-state index in [-0.39, 0.29) is 29.5 Å². The minimum absolute atomic E-state index is 0.0122. The van der Waals surface area contributed by atoms with Crippen molar-refractivity contribution < 1.29 is 28.9 Å². The van der Waals surface area contributed by atoms with Gasteiger partial charge in [0.05, 0.1) is 37.5 Å². The summed E-state index contributed by atoms with van der Waals surface area (Å²) in [6.45, 7) is 4.00. The summed E-state index contributed by atoms with van der Waals surface area (Å²) in [5.74, 6) is -0.213. The molecule has 3 aromatic carbocycles. The monoisotopic (exact) mass is 521 g/mol. The Bertz CT molecular complexity index is 1330. The quantitative estimate of drug-likeness (QED) is 0.230. The van der Waals surface area contributed by atoms with Gasteiger partial charge in [-0.1, -0.05) is 35.9 Å². The highest BCUT2D eigenvalue weighted by atomic mass is 35.5. The number of nitrogens with zero attached hydrogens (tertiary/aromatic N) is 1. The van der Waals surface area contributed by atoms with E-state index < -0.39 is 17.7 Å². The van der Waals surface area contributed by atoms with Crippen molar-refractivity contribution in [1.82, 2.24) is 4.90 Å². The first kappa shape index (κ1) is 26.1. The van der Waals surface area contributed by atoms with E-state index in [2.05, 4.69) is 0 Å². The Morgan fingerprint density at radius 2 is 1.59 bits per heavy atom. The highest BCUT2D eigenvalue weighted by Gasteiger charge is 2.46. The number of carbonyl (C=O) groups is 2. The first-order valence-corrected chi connectivity index (χ1v) is 12.1. The van der Waals surface area contributed by atoms with Gasteiger partial charge in [0.15, 0.2) is 0 Å². The molecule has 1 saturated heterocycles. The van der Waals surface area contributed by atoms with Gasteiger partial charge in [0.1, 0.15) is 23.0 Å². The van der Waals surface area contributed by atoms with Crippen LogP contribution in [0.25, 0.3) is 5.76 Å². The second-order valence-electron chi connectivity index (χ2n) is 8.86. The van der Waals surface area contributed by atoms with Crippen LogP contribution < -0.4 is 14.2 Å². The molecule has 3 aromatic rings. The molecule has 37 heavy (non-hydrogen) atoms. The molecule has 1 fully saturated rings. The lowest BCUT2D eigenvalue weighted by atomic mass is 9.94. The van der Waals surface area contributed by atoms with Crippen LogP contribution in [0.1, 0.15) is 36.6 Å². The third-order valence-electron chi connectivity index (χ3n) is 6.04. The average Bonchev–Trinajstić information content (AvgIpc) is 3.13. The molecular formula is C29H28ClNO6. The molecule has 1 aliphatic heterocycles. The molecule has 1 aliphatic rings. The van der Waals surface area contributed by atoms with Crippen molar-refractivity contribution in [2.45, 2.75) is 32.5 Å².